The van der Waals surface area contributed by atoms with Gasteiger partial charge in [0, 0.05) is 17.2 Å². The van der Waals surface area contributed by atoms with Crippen molar-refractivity contribution in [3.8, 4) is 17.2 Å². The van der Waals surface area contributed by atoms with Crippen LogP contribution in [0.15, 0.2) is 54.6 Å². The minimum atomic E-state index is -0.627. The molecule has 0 saturated heterocycles. The lowest BCUT2D eigenvalue weighted by Gasteiger charge is -2.25. The van der Waals surface area contributed by atoms with Crippen LogP contribution in [0.1, 0.15) is 28.4 Å². The number of rotatable bonds is 6. The second-order valence-corrected chi connectivity index (χ2v) is 7.73. The van der Waals surface area contributed by atoms with Crippen LogP contribution in [-0.4, -0.2) is 33.8 Å². The Hall–Kier alpha value is -3.58. The van der Waals surface area contributed by atoms with Crippen LogP contribution in [0, 0.1) is 12.7 Å². The summed E-state index contributed by atoms with van der Waals surface area (Å²) in [5.41, 5.74) is 3.64. The second-order valence-electron chi connectivity index (χ2n) is 7.73. The molecule has 0 unspecified atom stereocenters. The molecule has 0 bridgehead atoms. The fraction of sp³-hybridized carbons (Fsp3) is 0.269. The summed E-state index contributed by atoms with van der Waals surface area (Å²) >= 11 is 0. The molecule has 1 amide bonds. The van der Waals surface area contributed by atoms with Crippen LogP contribution in [0.3, 0.4) is 0 Å². The van der Waals surface area contributed by atoms with Gasteiger partial charge in [-0.15, -0.1) is 0 Å². The van der Waals surface area contributed by atoms with Crippen LogP contribution in [-0.2, 0) is 16.1 Å². The largest absolute Gasteiger partial charge is 0.497 e. The molecule has 0 aliphatic carbocycles. The van der Waals surface area contributed by atoms with Crippen LogP contribution in [0.5, 0.6) is 17.2 Å². The number of methoxy groups -OCH3 is 3. The lowest BCUT2D eigenvalue weighted by molar-refractivity contribution is -0.123. The Morgan fingerprint density at radius 3 is 2.48 bits per heavy atom. The van der Waals surface area contributed by atoms with E-state index < -0.39 is 11.9 Å². The number of amides is 1. The van der Waals surface area contributed by atoms with Gasteiger partial charge in [-0.1, -0.05) is 12.1 Å². The molecule has 0 N–H and O–H groups in total. The van der Waals surface area contributed by atoms with Crippen molar-refractivity contribution in [1.82, 2.24) is 0 Å². The molecule has 1 aliphatic rings. The molecule has 0 aromatic heterocycles. The first kappa shape index (κ1) is 22.6. The number of hydrogen-bond donors (Lipinski definition) is 0. The average molecular weight is 451 g/mol. The molecule has 1 heterocycles. The molecule has 7 heteroatoms. The molecular weight excluding hydrogens is 425 g/mol. The van der Waals surface area contributed by atoms with E-state index in [0.717, 1.165) is 16.7 Å². The molecule has 1 atom stereocenters. The molecule has 0 saturated carbocycles. The highest BCUT2D eigenvalue weighted by Crippen LogP contribution is 2.40. The van der Waals surface area contributed by atoms with E-state index >= 15 is 0 Å². The van der Waals surface area contributed by atoms with E-state index in [4.69, 9.17) is 18.9 Å². The Morgan fingerprint density at radius 1 is 0.970 bits per heavy atom. The summed E-state index contributed by atoms with van der Waals surface area (Å²) < 4.78 is 36.7. The predicted molar refractivity (Wildman–Crippen MR) is 123 cm³/mol. The Bertz CT molecular complexity index is 1180. The Balaban J connectivity index is 1.80. The van der Waals surface area contributed by atoms with E-state index in [1.54, 1.807) is 38.4 Å². The van der Waals surface area contributed by atoms with Gasteiger partial charge in [0.15, 0.2) is 0 Å². The number of carbonyl (C=O) groups excluding carboxylic acids is 1. The second kappa shape index (κ2) is 9.50. The Morgan fingerprint density at radius 2 is 1.76 bits per heavy atom. The molecule has 33 heavy (non-hydrogen) atoms. The molecule has 172 valence electrons. The van der Waals surface area contributed by atoms with E-state index in [1.165, 1.54) is 12.1 Å². The zero-order chi connectivity index (χ0) is 23.5. The van der Waals surface area contributed by atoms with Crippen LogP contribution >= 0.6 is 0 Å². The van der Waals surface area contributed by atoms with Gasteiger partial charge >= 0.3 is 0 Å². The number of ether oxygens (including phenoxy) is 4. The quantitative estimate of drug-likeness (QED) is 0.538. The van der Waals surface area contributed by atoms with Crippen LogP contribution in [0.4, 0.5) is 10.1 Å². The van der Waals surface area contributed by atoms with Crippen LogP contribution < -0.4 is 19.1 Å². The van der Waals surface area contributed by atoms with Crippen molar-refractivity contribution in [1.29, 1.82) is 0 Å². The summed E-state index contributed by atoms with van der Waals surface area (Å²) in [5, 5.41) is 0. The van der Waals surface area contributed by atoms with E-state index in [2.05, 4.69) is 0 Å². The van der Waals surface area contributed by atoms with Crippen molar-refractivity contribution in [3.63, 3.8) is 0 Å². The molecule has 3 aromatic carbocycles. The van der Waals surface area contributed by atoms with Gasteiger partial charge in [0.1, 0.15) is 35.8 Å². The van der Waals surface area contributed by atoms with E-state index in [-0.39, 0.29) is 19.1 Å². The molecule has 0 radical (unpaired) electrons. The van der Waals surface area contributed by atoms with Crippen molar-refractivity contribution < 1.29 is 28.1 Å². The molecule has 3 aromatic rings. The lowest BCUT2D eigenvalue weighted by Crippen LogP contribution is -2.32. The van der Waals surface area contributed by atoms with Gasteiger partial charge in [0.25, 0.3) is 5.91 Å². The average Bonchev–Trinajstić information content (AvgIpc) is 2.96. The monoisotopic (exact) mass is 451 g/mol. The van der Waals surface area contributed by atoms with Gasteiger partial charge in [-0.05, 0) is 54.4 Å². The Labute approximate surface area is 192 Å². The van der Waals surface area contributed by atoms with Gasteiger partial charge in [-0.25, -0.2) is 4.39 Å². The van der Waals surface area contributed by atoms with Gasteiger partial charge in [0.05, 0.1) is 33.6 Å². The number of hydrogen-bond acceptors (Lipinski definition) is 5. The minimum Gasteiger partial charge on any atom is -0.497 e. The third kappa shape index (κ3) is 4.36. The summed E-state index contributed by atoms with van der Waals surface area (Å²) in [4.78, 5) is 14.8. The van der Waals surface area contributed by atoms with Crippen molar-refractivity contribution in [2.45, 2.75) is 19.6 Å². The SMILES string of the molecule is COc1ccc(CN2C(=O)CO[C@H](c3cccc(OC)c3C)c3cc(F)ccc32)c(OC)c1. The van der Waals surface area contributed by atoms with Crippen molar-refractivity contribution in [3.05, 3.63) is 82.7 Å². The van der Waals surface area contributed by atoms with Crippen molar-refractivity contribution in [2.75, 3.05) is 32.8 Å². The topological polar surface area (TPSA) is 57.2 Å². The first-order valence-corrected chi connectivity index (χ1v) is 10.5. The van der Waals surface area contributed by atoms with Gasteiger partial charge in [0.2, 0.25) is 0 Å². The standard InChI is InChI=1S/C26H26FNO5/c1-16-20(6-5-7-23(16)31-3)26-21-12-18(27)9-11-22(21)28(25(29)15-33-26)14-17-8-10-19(30-2)13-24(17)32-4/h5-13,26H,14-15H2,1-4H3/t26-/m1/s1. The number of nitrogens with zero attached hydrogens (tertiary/aromatic N) is 1. The molecule has 1 aliphatic heterocycles. The van der Waals surface area contributed by atoms with E-state index in [0.29, 0.717) is 28.5 Å². The summed E-state index contributed by atoms with van der Waals surface area (Å²) in [6.07, 6.45) is -0.627. The van der Waals surface area contributed by atoms with Crippen molar-refractivity contribution in [2.24, 2.45) is 0 Å². The summed E-state index contributed by atoms with van der Waals surface area (Å²) in [6.45, 7) is 2.00. The van der Waals surface area contributed by atoms with E-state index in [1.807, 2.05) is 37.3 Å². The van der Waals surface area contributed by atoms with Crippen molar-refractivity contribution >= 4 is 11.6 Å². The zero-order valence-electron chi connectivity index (χ0n) is 19.1. The van der Waals surface area contributed by atoms with Gasteiger partial charge < -0.3 is 23.8 Å². The zero-order valence-corrected chi connectivity index (χ0v) is 19.1. The maximum atomic E-state index is 14.4. The molecule has 4 rings (SSSR count). The number of halogens is 1. The maximum absolute atomic E-state index is 14.4. The molecular formula is C26H26FNO5. The maximum Gasteiger partial charge on any atom is 0.253 e. The predicted octanol–water partition coefficient (Wildman–Crippen LogP) is 4.81. The smallest absolute Gasteiger partial charge is 0.253 e. The van der Waals surface area contributed by atoms with Gasteiger partial charge in [-0.2, -0.15) is 0 Å². The van der Waals surface area contributed by atoms with Crippen LogP contribution in [0.2, 0.25) is 0 Å². The highest BCUT2D eigenvalue weighted by atomic mass is 19.1. The normalized spacial score (nSPS) is 15.6. The number of benzene rings is 3. The summed E-state index contributed by atoms with van der Waals surface area (Å²) in [5.74, 6) is 1.31. The highest BCUT2D eigenvalue weighted by molar-refractivity contribution is 5.96. The fourth-order valence-electron chi connectivity index (χ4n) is 4.16. The minimum absolute atomic E-state index is 0.157. The lowest BCUT2D eigenvalue weighted by atomic mass is 9.95. The highest BCUT2D eigenvalue weighted by Gasteiger charge is 2.31. The summed E-state index contributed by atoms with van der Waals surface area (Å²) in [6, 6.07) is 15.4. The molecule has 0 fully saturated rings. The fourth-order valence-corrected chi connectivity index (χ4v) is 4.16. The molecule has 0 spiro atoms. The first-order chi connectivity index (χ1) is 16.0. The van der Waals surface area contributed by atoms with Gasteiger partial charge in [-0.3, -0.25) is 4.79 Å². The number of carbonyl (C=O) groups is 1. The molecule has 6 nitrogen and oxygen atoms in total. The summed E-state index contributed by atoms with van der Waals surface area (Å²) in [7, 11) is 4.74. The Kier molecular flexibility index (Phi) is 6.51. The third-order valence-corrected chi connectivity index (χ3v) is 5.89. The van der Waals surface area contributed by atoms with Crippen LogP contribution in [0.25, 0.3) is 0 Å². The van der Waals surface area contributed by atoms with E-state index in [9.17, 15) is 9.18 Å². The number of anilines is 1. The first-order valence-electron chi connectivity index (χ1n) is 10.5. The number of fused-ring (bicyclic) bond motifs is 1. The third-order valence-electron chi connectivity index (χ3n) is 5.89.